The minimum absolute atomic E-state index is 0.00573. The smallest absolute Gasteiger partial charge is 0.319 e. The van der Waals surface area contributed by atoms with E-state index in [0.29, 0.717) is 24.9 Å². The summed E-state index contributed by atoms with van der Waals surface area (Å²) in [6, 6.07) is 8.82. The van der Waals surface area contributed by atoms with Gasteiger partial charge in [-0.1, -0.05) is 52.0 Å². The minimum atomic E-state index is -0.00573. The van der Waals surface area contributed by atoms with Crippen LogP contribution < -0.4 is 5.32 Å². The number of likely N-dealkylation sites (tertiary alicyclic amines) is 2. The fraction of sp³-hybridized carbons (Fsp3) is 0.667. The highest BCUT2D eigenvalue weighted by Crippen LogP contribution is 2.26. The van der Waals surface area contributed by atoms with Crippen LogP contribution in [0, 0.1) is 11.8 Å². The maximum atomic E-state index is 13.0. The van der Waals surface area contributed by atoms with Gasteiger partial charge >= 0.3 is 6.03 Å². The molecule has 1 aromatic rings. The Labute approximate surface area is 175 Å². The number of carbonyl (C=O) groups excluding carboxylic acids is 2. The highest BCUT2D eigenvalue weighted by molar-refractivity contribution is 5.80. The van der Waals surface area contributed by atoms with Crippen LogP contribution in [-0.4, -0.2) is 47.9 Å². The fourth-order valence-corrected chi connectivity index (χ4v) is 4.44. The number of nitrogens with one attached hydrogen (secondary N) is 1. The van der Waals surface area contributed by atoms with E-state index in [1.165, 1.54) is 11.1 Å². The summed E-state index contributed by atoms with van der Waals surface area (Å²) in [5, 5.41) is 3.30. The van der Waals surface area contributed by atoms with Crippen molar-refractivity contribution in [3.05, 3.63) is 35.4 Å². The van der Waals surface area contributed by atoms with Crippen molar-refractivity contribution in [2.75, 3.05) is 26.2 Å². The Morgan fingerprint density at radius 1 is 0.862 bits per heavy atom. The van der Waals surface area contributed by atoms with Crippen molar-refractivity contribution in [2.45, 2.75) is 65.3 Å². The highest BCUT2D eigenvalue weighted by atomic mass is 16.2. The molecule has 1 N–H and O–H groups in total. The number of carbonyl (C=O) groups is 2. The predicted octanol–water partition coefficient (Wildman–Crippen LogP) is 4.55. The molecule has 0 aliphatic carbocycles. The standard InChI is InChI=1S/C24H37N3O2/c1-17(2)19-7-9-20(10-8-19)22(18(3)4)25-23(28)21-11-15-27(16-12-21)24(29)26-13-5-6-14-26/h7-10,17-18,21-22H,5-6,11-16H2,1-4H3,(H,25,28). The fourth-order valence-electron chi connectivity index (χ4n) is 4.44. The Morgan fingerprint density at radius 3 is 1.90 bits per heavy atom. The zero-order chi connectivity index (χ0) is 21.0. The summed E-state index contributed by atoms with van der Waals surface area (Å²) in [5.41, 5.74) is 2.48. The second-order valence-electron chi connectivity index (χ2n) is 9.29. The molecule has 0 spiro atoms. The average molecular weight is 400 g/mol. The van der Waals surface area contributed by atoms with Gasteiger partial charge in [-0.25, -0.2) is 4.79 Å². The van der Waals surface area contributed by atoms with Crippen LogP contribution in [0.1, 0.15) is 76.5 Å². The van der Waals surface area contributed by atoms with Crippen LogP contribution >= 0.6 is 0 Å². The topological polar surface area (TPSA) is 52.7 Å². The van der Waals surface area contributed by atoms with Gasteiger partial charge in [0, 0.05) is 32.1 Å². The molecule has 3 amide bonds. The van der Waals surface area contributed by atoms with Gasteiger partial charge in [-0.15, -0.1) is 0 Å². The monoisotopic (exact) mass is 399 g/mol. The first-order chi connectivity index (χ1) is 13.9. The van der Waals surface area contributed by atoms with Gasteiger partial charge < -0.3 is 15.1 Å². The van der Waals surface area contributed by atoms with Crippen LogP contribution in [0.2, 0.25) is 0 Å². The van der Waals surface area contributed by atoms with Gasteiger partial charge in [-0.2, -0.15) is 0 Å². The molecule has 2 aliphatic heterocycles. The second-order valence-corrected chi connectivity index (χ2v) is 9.29. The van der Waals surface area contributed by atoms with E-state index in [4.69, 9.17) is 0 Å². The number of hydrogen-bond donors (Lipinski definition) is 1. The maximum absolute atomic E-state index is 13.0. The minimum Gasteiger partial charge on any atom is -0.349 e. The lowest BCUT2D eigenvalue weighted by atomic mass is 9.91. The third-order valence-electron chi connectivity index (χ3n) is 6.44. The van der Waals surface area contributed by atoms with Crippen LogP contribution in [0.15, 0.2) is 24.3 Å². The van der Waals surface area contributed by atoms with Crippen molar-refractivity contribution in [3.8, 4) is 0 Å². The Morgan fingerprint density at radius 2 is 1.38 bits per heavy atom. The van der Waals surface area contributed by atoms with Gasteiger partial charge in [0.25, 0.3) is 0 Å². The molecule has 5 heteroatoms. The summed E-state index contributed by atoms with van der Waals surface area (Å²) in [4.78, 5) is 29.4. The molecule has 3 rings (SSSR count). The summed E-state index contributed by atoms with van der Waals surface area (Å²) < 4.78 is 0. The first-order valence-corrected chi connectivity index (χ1v) is 11.3. The summed E-state index contributed by atoms with van der Waals surface area (Å²) in [7, 11) is 0. The zero-order valence-corrected chi connectivity index (χ0v) is 18.5. The zero-order valence-electron chi connectivity index (χ0n) is 18.5. The number of benzene rings is 1. The van der Waals surface area contributed by atoms with Gasteiger partial charge in [-0.3, -0.25) is 4.79 Å². The van der Waals surface area contributed by atoms with Gasteiger partial charge in [-0.05, 0) is 48.6 Å². The first kappa shape index (κ1) is 21.7. The first-order valence-electron chi connectivity index (χ1n) is 11.3. The number of piperidine rings is 1. The molecule has 0 aromatic heterocycles. The Kier molecular flexibility index (Phi) is 7.20. The van der Waals surface area contributed by atoms with Crippen LogP contribution in [0.4, 0.5) is 4.79 Å². The molecule has 2 fully saturated rings. The van der Waals surface area contributed by atoms with E-state index in [-0.39, 0.29) is 23.9 Å². The molecule has 1 aromatic carbocycles. The normalized spacial score (nSPS) is 19.1. The van der Waals surface area contributed by atoms with E-state index in [1.807, 2.05) is 9.80 Å². The maximum Gasteiger partial charge on any atom is 0.319 e. The number of rotatable bonds is 5. The largest absolute Gasteiger partial charge is 0.349 e. The molecule has 2 aliphatic rings. The van der Waals surface area contributed by atoms with E-state index in [9.17, 15) is 9.59 Å². The van der Waals surface area contributed by atoms with Crippen molar-refractivity contribution in [2.24, 2.45) is 11.8 Å². The Hall–Kier alpha value is -2.04. The van der Waals surface area contributed by atoms with Gasteiger partial charge in [0.1, 0.15) is 0 Å². The van der Waals surface area contributed by atoms with Gasteiger partial charge in [0.2, 0.25) is 5.91 Å². The Bertz CT molecular complexity index is 685. The summed E-state index contributed by atoms with van der Waals surface area (Å²) in [6.45, 7) is 11.8. The molecule has 0 bridgehead atoms. The van der Waals surface area contributed by atoms with Crippen molar-refractivity contribution in [3.63, 3.8) is 0 Å². The summed E-state index contributed by atoms with van der Waals surface area (Å²) in [6.07, 6.45) is 3.73. The lowest BCUT2D eigenvalue weighted by Crippen LogP contribution is -2.48. The quantitative estimate of drug-likeness (QED) is 0.790. The number of urea groups is 1. The van der Waals surface area contributed by atoms with E-state index in [0.717, 1.165) is 38.8 Å². The molecule has 29 heavy (non-hydrogen) atoms. The van der Waals surface area contributed by atoms with Gasteiger partial charge in [0.15, 0.2) is 0 Å². The summed E-state index contributed by atoms with van der Waals surface area (Å²) >= 11 is 0. The third-order valence-corrected chi connectivity index (χ3v) is 6.44. The van der Waals surface area contributed by atoms with Crippen molar-refractivity contribution in [1.82, 2.24) is 15.1 Å². The SMILES string of the molecule is CC(C)c1ccc(C(NC(=O)C2CCN(C(=O)N3CCCC3)CC2)C(C)C)cc1. The predicted molar refractivity (Wildman–Crippen MR) is 117 cm³/mol. The third kappa shape index (κ3) is 5.31. The number of hydrogen-bond acceptors (Lipinski definition) is 2. The molecule has 2 heterocycles. The van der Waals surface area contributed by atoms with Crippen molar-refractivity contribution >= 4 is 11.9 Å². The van der Waals surface area contributed by atoms with Crippen LogP contribution in [-0.2, 0) is 4.79 Å². The van der Waals surface area contributed by atoms with E-state index < -0.39 is 0 Å². The lowest BCUT2D eigenvalue weighted by molar-refractivity contribution is -0.127. The number of nitrogens with zero attached hydrogens (tertiary/aromatic N) is 2. The number of amides is 3. The van der Waals surface area contributed by atoms with Crippen LogP contribution in [0.25, 0.3) is 0 Å². The van der Waals surface area contributed by atoms with Crippen LogP contribution in [0.3, 0.4) is 0 Å². The molecule has 1 unspecified atom stereocenters. The van der Waals surface area contributed by atoms with E-state index in [2.05, 4.69) is 57.3 Å². The molecule has 0 radical (unpaired) electrons. The Balaban J connectivity index is 1.56. The van der Waals surface area contributed by atoms with E-state index in [1.54, 1.807) is 0 Å². The molecule has 160 valence electrons. The highest BCUT2D eigenvalue weighted by Gasteiger charge is 2.31. The van der Waals surface area contributed by atoms with Crippen LogP contribution in [0.5, 0.6) is 0 Å². The van der Waals surface area contributed by atoms with Crippen molar-refractivity contribution < 1.29 is 9.59 Å². The molecule has 5 nitrogen and oxygen atoms in total. The van der Waals surface area contributed by atoms with Gasteiger partial charge in [0.05, 0.1) is 6.04 Å². The summed E-state index contributed by atoms with van der Waals surface area (Å²) in [5.74, 6) is 0.948. The molecule has 1 atom stereocenters. The second kappa shape index (κ2) is 9.64. The molecular formula is C24H37N3O2. The van der Waals surface area contributed by atoms with Crippen molar-refractivity contribution in [1.29, 1.82) is 0 Å². The van der Waals surface area contributed by atoms with E-state index >= 15 is 0 Å². The molecule has 2 saturated heterocycles. The lowest BCUT2D eigenvalue weighted by Gasteiger charge is -2.35. The molecular weight excluding hydrogens is 362 g/mol. The average Bonchev–Trinajstić information content (AvgIpc) is 3.26. The molecule has 0 saturated carbocycles.